The van der Waals surface area contributed by atoms with Crippen LogP contribution in [0.5, 0.6) is 0 Å². The Morgan fingerprint density at radius 3 is 2.50 bits per heavy atom. The third-order valence-electron chi connectivity index (χ3n) is 2.84. The fourth-order valence-corrected chi connectivity index (χ4v) is 1.83. The lowest BCUT2D eigenvalue weighted by atomic mass is 9.89. The van der Waals surface area contributed by atoms with Crippen LogP contribution in [0, 0.1) is 5.41 Å². The standard InChI is InChI=1S/C14H21BrN2O/c1-14(2,10-16)9-13(18)17-8-7-11-3-5-12(15)6-4-11/h3-6H,7-10,16H2,1-2H3,(H,17,18). The minimum atomic E-state index is -0.123. The van der Waals surface area contributed by atoms with E-state index in [1.807, 2.05) is 26.0 Å². The summed E-state index contributed by atoms with van der Waals surface area (Å²) in [4.78, 5) is 11.7. The number of benzene rings is 1. The van der Waals surface area contributed by atoms with Gasteiger partial charge in [-0.1, -0.05) is 41.9 Å². The summed E-state index contributed by atoms with van der Waals surface area (Å²) in [6.45, 7) is 5.19. The largest absolute Gasteiger partial charge is 0.356 e. The molecule has 0 spiro atoms. The zero-order valence-electron chi connectivity index (χ0n) is 11.0. The van der Waals surface area contributed by atoms with Crippen molar-refractivity contribution in [3.05, 3.63) is 34.3 Å². The number of nitrogens with two attached hydrogens (primary N) is 1. The third-order valence-corrected chi connectivity index (χ3v) is 3.37. The smallest absolute Gasteiger partial charge is 0.220 e. The molecular weight excluding hydrogens is 292 g/mol. The normalized spacial score (nSPS) is 11.3. The van der Waals surface area contributed by atoms with Crippen LogP contribution in [0.2, 0.25) is 0 Å². The highest BCUT2D eigenvalue weighted by Gasteiger charge is 2.19. The van der Waals surface area contributed by atoms with Gasteiger partial charge in [-0.05, 0) is 36.1 Å². The van der Waals surface area contributed by atoms with Crippen LogP contribution in [0.4, 0.5) is 0 Å². The van der Waals surface area contributed by atoms with E-state index in [0.29, 0.717) is 19.5 Å². The van der Waals surface area contributed by atoms with Crippen molar-refractivity contribution in [2.75, 3.05) is 13.1 Å². The summed E-state index contributed by atoms with van der Waals surface area (Å²) >= 11 is 3.40. The van der Waals surface area contributed by atoms with Gasteiger partial charge in [-0.15, -0.1) is 0 Å². The fraction of sp³-hybridized carbons (Fsp3) is 0.500. The van der Waals surface area contributed by atoms with Gasteiger partial charge in [-0.25, -0.2) is 0 Å². The monoisotopic (exact) mass is 312 g/mol. The van der Waals surface area contributed by atoms with Crippen molar-refractivity contribution in [1.29, 1.82) is 0 Å². The Balaban J connectivity index is 2.29. The molecule has 0 aliphatic rings. The number of carbonyl (C=O) groups is 1. The van der Waals surface area contributed by atoms with Crippen molar-refractivity contribution in [2.24, 2.45) is 11.1 Å². The Hall–Kier alpha value is -0.870. The van der Waals surface area contributed by atoms with Gasteiger partial charge in [0.2, 0.25) is 5.91 Å². The number of hydrogen-bond donors (Lipinski definition) is 2. The van der Waals surface area contributed by atoms with Gasteiger partial charge in [0.15, 0.2) is 0 Å². The van der Waals surface area contributed by atoms with E-state index >= 15 is 0 Å². The maximum Gasteiger partial charge on any atom is 0.220 e. The van der Waals surface area contributed by atoms with E-state index < -0.39 is 0 Å². The molecule has 0 radical (unpaired) electrons. The quantitative estimate of drug-likeness (QED) is 0.848. The van der Waals surface area contributed by atoms with Gasteiger partial charge in [0, 0.05) is 17.4 Å². The molecule has 0 fully saturated rings. The van der Waals surface area contributed by atoms with E-state index in [1.165, 1.54) is 5.56 Å². The molecule has 4 heteroatoms. The molecular formula is C14H21BrN2O. The first-order valence-electron chi connectivity index (χ1n) is 6.14. The van der Waals surface area contributed by atoms with Crippen LogP contribution in [0.1, 0.15) is 25.8 Å². The number of nitrogens with one attached hydrogen (secondary N) is 1. The van der Waals surface area contributed by atoms with Crippen molar-refractivity contribution in [3.63, 3.8) is 0 Å². The van der Waals surface area contributed by atoms with Crippen LogP contribution in [-0.4, -0.2) is 19.0 Å². The lowest BCUT2D eigenvalue weighted by molar-refractivity contribution is -0.122. The van der Waals surface area contributed by atoms with Gasteiger partial charge in [-0.3, -0.25) is 4.79 Å². The van der Waals surface area contributed by atoms with Gasteiger partial charge in [0.25, 0.3) is 0 Å². The molecule has 0 bridgehead atoms. The summed E-state index contributed by atoms with van der Waals surface area (Å²) < 4.78 is 1.07. The van der Waals surface area contributed by atoms with E-state index in [-0.39, 0.29) is 11.3 Å². The maximum atomic E-state index is 11.7. The highest BCUT2D eigenvalue weighted by atomic mass is 79.9. The molecule has 100 valence electrons. The zero-order chi connectivity index (χ0) is 13.6. The molecule has 18 heavy (non-hydrogen) atoms. The second-order valence-electron chi connectivity index (χ2n) is 5.27. The minimum Gasteiger partial charge on any atom is -0.356 e. The second-order valence-corrected chi connectivity index (χ2v) is 6.19. The Labute approximate surface area is 117 Å². The number of carbonyl (C=O) groups excluding carboxylic acids is 1. The lowest BCUT2D eigenvalue weighted by Crippen LogP contribution is -2.33. The number of amides is 1. The predicted octanol–water partition coefficient (Wildman–Crippen LogP) is 2.48. The van der Waals surface area contributed by atoms with Gasteiger partial charge in [-0.2, -0.15) is 0 Å². The summed E-state index contributed by atoms with van der Waals surface area (Å²) in [7, 11) is 0. The number of hydrogen-bond acceptors (Lipinski definition) is 2. The number of halogens is 1. The first kappa shape index (κ1) is 15.2. The van der Waals surface area contributed by atoms with Crippen LogP contribution in [0.25, 0.3) is 0 Å². The van der Waals surface area contributed by atoms with E-state index in [9.17, 15) is 4.79 Å². The average molecular weight is 313 g/mol. The molecule has 1 aromatic rings. The highest BCUT2D eigenvalue weighted by Crippen LogP contribution is 2.17. The van der Waals surface area contributed by atoms with Gasteiger partial charge in [0.05, 0.1) is 0 Å². The fourth-order valence-electron chi connectivity index (χ4n) is 1.57. The molecule has 1 aromatic carbocycles. The Bertz CT molecular complexity index is 387. The van der Waals surface area contributed by atoms with Crippen LogP contribution >= 0.6 is 15.9 Å². The number of rotatable bonds is 6. The van der Waals surface area contributed by atoms with Crippen molar-refractivity contribution in [2.45, 2.75) is 26.7 Å². The van der Waals surface area contributed by atoms with Gasteiger partial charge in [0.1, 0.15) is 0 Å². The second kappa shape index (κ2) is 6.90. The lowest BCUT2D eigenvalue weighted by Gasteiger charge is -2.21. The van der Waals surface area contributed by atoms with Crippen LogP contribution < -0.4 is 11.1 Å². The minimum absolute atomic E-state index is 0.0718. The molecule has 3 N–H and O–H groups in total. The highest BCUT2D eigenvalue weighted by molar-refractivity contribution is 9.10. The van der Waals surface area contributed by atoms with E-state index in [2.05, 4.69) is 33.4 Å². The van der Waals surface area contributed by atoms with E-state index in [1.54, 1.807) is 0 Å². The first-order valence-corrected chi connectivity index (χ1v) is 6.93. The topological polar surface area (TPSA) is 55.1 Å². The molecule has 0 aromatic heterocycles. The van der Waals surface area contributed by atoms with Gasteiger partial charge < -0.3 is 11.1 Å². The molecule has 0 aliphatic heterocycles. The molecule has 1 amide bonds. The van der Waals surface area contributed by atoms with E-state index in [4.69, 9.17) is 5.73 Å². The average Bonchev–Trinajstić information content (AvgIpc) is 2.31. The molecule has 0 aliphatic carbocycles. The summed E-state index contributed by atoms with van der Waals surface area (Å²) in [6, 6.07) is 8.13. The molecule has 0 heterocycles. The first-order chi connectivity index (χ1) is 8.43. The van der Waals surface area contributed by atoms with Crippen molar-refractivity contribution < 1.29 is 4.79 Å². The zero-order valence-corrected chi connectivity index (χ0v) is 12.6. The Morgan fingerprint density at radius 1 is 1.33 bits per heavy atom. The van der Waals surface area contributed by atoms with Crippen LogP contribution in [-0.2, 0) is 11.2 Å². The van der Waals surface area contributed by atoms with Crippen LogP contribution in [0.15, 0.2) is 28.7 Å². The maximum absolute atomic E-state index is 11.7. The van der Waals surface area contributed by atoms with Crippen LogP contribution in [0.3, 0.4) is 0 Å². The summed E-state index contributed by atoms with van der Waals surface area (Å²) in [5.74, 6) is 0.0718. The van der Waals surface area contributed by atoms with Crippen molar-refractivity contribution in [3.8, 4) is 0 Å². The SMILES string of the molecule is CC(C)(CN)CC(=O)NCCc1ccc(Br)cc1. The van der Waals surface area contributed by atoms with Gasteiger partial charge >= 0.3 is 0 Å². The third kappa shape index (κ3) is 5.65. The summed E-state index contributed by atoms with van der Waals surface area (Å²) in [5, 5.41) is 2.93. The Morgan fingerprint density at radius 2 is 1.94 bits per heavy atom. The molecule has 0 saturated carbocycles. The van der Waals surface area contributed by atoms with Crippen molar-refractivity contribution in [1.82, 2.24) is 5.32 Å². The van der Waals surface area contributed by atoms with E-state index in [0.717, 1.165) is 10.9 Å². The molecule has 0 saturated heterocycles. The summed E-state index contributed by atoms with van der Waals surface area (Å²) in [6.07, 6.45) is 1.33. The Kier molecular flexibility index (Phi) is 5.82. The predicted molar refractivity (Wildman–Crippen MR) is 78.3 cm³/mol. The molecule has 3 nitrogen and oxygen atoms in total. The van der Waals surface area contributed by atoms with Crippen molar-refractivity contribution >= 4 is 21.8 Å². The molecule has 0 atom stereocenters. The summed E-state index contributed by atoms with van der Waals surface area (Å²) in [5.41, 5.74) is 6.70. The molecule has 0 unspecified atom stereocenters. The molecule has 1 rings (SSSR count).